The summed E-state index contributed by atoms with van der Waals surface area (Å²) < 4.78 is 13.3. The Kier molecular flexibility index (Phi) is 5.98. The van der Waals surface area contributed by atoms with Crippen LogP contribution in [0.1, 0.15) is 21.7 Å². The number of aromatic nitrogens is 2. The molecule has 7 heteroatoms. The summed E-state index contributed by atoms with van der Waals surface area (Å²) in [7, 11) is 0. The molecule has 0 unspecified atom stereocenters. The zero-order chi connectivity index (χ0) is 19.2. The largest absolute Gasteiger partial charge is 0.354 e. The van der Waals surface area contributed by atoms with Gasteiger partial charge in [-0.1, -0.05) is 29.8 Å². The van der Waals surface area contributed by atoms with Gasteiger partial charge in [0.15, 0.2) is 0 Å². The van der Waals surface area contributed by atoms with E-state index in [1.165, 1.54) is 18.2 Å². The Labute approximate surface area is 161 Å². The van der Waals surface area contributed by atoms with Gasteiger partial charge in [0.2, 0.25) is 5.95 Å². The lowest BCUT2D eigenvalue weighted by Gasteiger charge is -2.09. The molecule has 0 aliphatic heterocycles. The summed E-state index contributed by atoms with van der Waals surface area (Å²) >= 11 is 5.88. The quantitative estimate of drug-likeness (QED) is 0.657. The molecule has 0 saturated carbocycles. The summed E-state index contributed by atoms with van der Waals surface area (Å²) in [5.41, 5.74) is 2.36. The highest BCUT2D eigenvalue weighted by molar-refractivity contribution is 6.30. The van der Waals surface area contributed by atoms with E-state index in [1.54, 1.807) is 19.1 Å². The predicted molar refractivity (Wildman–Crippen MR) is 105 cm³/mol. The minimum Gasteiger partial charge on any atom is -0.354 e. The first-order valence-electron chi connectivity index (χ1n) is 8.40. The second-order valence-electron chi connectivity index (χ2n) is 5.99. The third kappa shape index (κ3) is 5.49. The zero-order valence-corrected chi connectivity index (χ0v) is 15.4. The molecular weight excluding hydrogens is 367 g/mol. The summed E-state index contributed by atoms with van der Waals surface area (Å²) in [6.07, 6.45) is 0.763. The van der Waals surface area contributed by atoms with Crippen molar-refractivity contribution in [2.45, 2.75) is 13.3 Å². The number of nitrogens with zero attached hydrogens (tertiary/aromatic N) is 2. The highest BCUT2D eigenvalue weighted by Crippen LogP contribution is 2.13. The number of halogens is 2. The van der Waals surface area contributed by atoms with Crippen LogP contribution in [0.15, 0.2) is 54.6 Å². The van der Waals surface area contributed by atoms with E-state index in [4.69, 9.17) is 11.6 Å². The Morgan fingerprint density at radius 2 is 1.89 bits per heavy atom. The molecule has 1 amide bonds. The second-order valence-corrected chi connectivity index (χ2v) is 6.42. The number of amides is 1. The molecule has 0 saturated heterocycles. The summed E-state index contributed by atoms with van der Waals surface area (Å²) in [6, 6.07) is 14.9. The maximum Gasteiger partial charge on any atom is 0.274 e. The molecule has 1 heterocycles. The molecule has 3 aromatic rings. The lowest BCUT2D eigenvalue weighted by Crippen LogP contribution is -2.17. The number of rotatable bonds is 6. The number of carbonyl (C=O) groups excluding carboxylic acids is 1. The molecule has 0 aliphatic rings. The van der Waals surface area contributed by atoms with Gasteiger partial charge in [0.1, 0.15) is 11.5 Å². The fraction of sp³-hybridized carbons (Fsp3) is 0.150. The van der Waals surface area contributed by atoms with Gasteiger partial charge in [-0.2, -0.15) is 0 Å². The highest BCUT2D eigenvalue weighted by atomic mass is 35.5. The Balaban J connectivity index is 1.64. The van der Waals surface area contributed by atoms with Crippen molar-refractivity contribution in [3.63, 3.8) is 0 Å². The third-order valence-corrected chi connectivity index (χ3v) is 4.03. The SMILES string of the molecule is Cc1cc(C(=O)Nc2cccc(F)c2)nc(NCCc2ccc(Cl)cc2)n1. The van der Waals surface area contributed by atoms with Gasteiger partial charge >= 0.3 is 0 Å². The van der Waals surface area contributed by atoms with Crippen molar-refractivity contribution in [2.24, 2.45) is 0 Å². The Morgan fingerprint density at radius 1 is 1.11 bits per heavy atom. The first-order chi connectivity index (χ1) is 13.0. The third-order valence-electron chi connectivity index (χ3n) is 3.78. The van der Waals surface area contributed by atoms with Crippen LogP contribution in [0.4, 0.5) is 16.0 Å². The summed E-state index contributed by atoms with van der Waals surface area (Å²) in [5.74, 6) is -0.476. The molecule has 0 spiro atoms. The predicted octanol–water partition coefficient (Wildman–Crippen LogP) is 4.48. The van der Waals surface area contributed by atoms with E-state index in [0.29, 0.717) is 28.9 Å². The van der Waals surface area contributed by atoms with E-state index < -0.39 is 11.7 Å². The van der Waals surface area contributed by atoms with Crippen LogP contribution >= 0.6 is 11.6 Å². The van der Waals surface area contributed by atoms with E-state index in [2.05, 4.69) is 20.6 Å². The smallest absolute Gasteiger partial charge is 0.274 e. The maximum absolute atomic E-state index is 13.3. The minimum absolute atomic E-state index is 0.209. The molecule has 0 bridgehead atoms. The zero-order valence-electron chi connectivity index (χ0n) is 14.7. The lowest BCUT2D eigenvalue weighted by molar-refractivity contribution is 0.102. The maximum atomic E-state index is 13.3. The molecule has 1 aromatic heterocycles. The van der Waals surface area contributed by atoms with Crippen LogP contribution in [-0.2, 0) is 6.42 Å². The second kappa shape index (κ2) is 8.60. The van der Waals surface area contributed by atoms with Gasteiger partial charge in [0.25, 0.3) is 5.91 Å². The van der Waals surface area contributed by atoms with Crippen molar-refractivity contribution in [3.8, 4) is 0 Å². The molecular formula is C20H18ClFN4O. The Morgan fingerprint density at radius 3 is 2.63 bits per heavy atom. The molecule has 0 aliphatic carbocycles. The molecule has 5 nitrogen and oxygen atoms in total. The van der Waals surface area contributed by atoms with Crippen molar-refractivity contribution in [1.29, 1.82) is 0 Å². The molecule has 3 rings (SSSR count). The Bertz CT molecular complexity index is 947. The molecule has 0 fully saturated rings. The van der Waals surface area contributed by atoms with Crippen LogP contribution in [0.3, 0.4) is 0 Å². The summed E-state index contributed by atoms with van der Waals surface area (Å²) in [4.78, 5) is 20.9. The number of nitrogens with one attached hydrogen (secondary N) is 2. The molecule has 2 N–H and O–H groups in total. The van der Waals surface area contributed by atoms with Crippen molar-refractivity contribution in [3.05, 3.63) is 82.4 Å². The molecule has 0 radical (unpaired) electrons. The van der Waals surface area contributed by atoms with Gasteiger partial charge in [-0.25, -0.2) is 14.4 Å². The van der Waals surface area contributed by atoms with Crippen LogP contribution in [0, 0.1) is 12.7 Å². The fourth-order valence-corrected chi connectivity index (χ4v) is 2.62. The van der Waals surface area contributed by atoms with E-state index in [1.807, 2.05) is 24.3 Å². The standard InChI is InChI=1S/C20H18ClFN4O/c1-13-11-18(19(27)25-17-4-2-3-16(22)12-17)26-20(24-13)23-10-9-14-5-7-15(21)8-6-14/h2-8,11-12H,9-10H2,1H3,(H,25,27)(H,23,24,26). The van der Waals surface area contributed by atoms with Gasteiger partial charge in [-0.05, 0) is 55.3 Å². The summed E-state index contributed by atoms with van der Waals surface area (Å²) in [5, 5.41) is 6.45. The highest BCUT2D eigenvalue weighted by Gasteiger charge is 2.11. The van der Waals surface area contributed by atoms with Gasteiger partial charge in [-0.15, -0.1) is 0 Å². The normalized spacial score (nSPS) is 10.5. The van der Waals surface area contributed by atoms with Gasteiger partial charge in [0.05, 0.1) is 0 Å². The van der Waals surface area contributed by atoms with Crippen molar-refractivity contribution >= 4 is 29.1 Å². The average molecular weight is 385 g/mol. The molecule has 2 aromatic carbocycles. The van der Waals surface area contributed by atoms with Crippen molar-refractivity contribution in [1.82, 2.24) is 9.97 Å². The van der Waals surface area contributed by atoms with E-state index in [-0.39, 0.29) is 5.69 Å². The van der Waals surface area contributed by atoms with Gasteiger partial charge in [0, 0.05) is 22.9 Å². The lowest BCUT2D eigenvalue weighted by atomic mass is 10.1. The number of anilines is 2. The average Bonchev–Trinajstić information content (AvgIpc) is 2.63. The first-order valence-corrected chi connectivity index (χ1v) is 8.78. The van der Waals surface area contributed by atoms with Crippen LogP contribution < -0.4 is 10.6 Å². The topological polar surface area (TPSA) is 66.9 Å². The number of carbonyl (C=O) groups is 1. The van der Waals surface area contributed by atoms with E-state index >= 15 is 0 Å². The van der Waals surface area contributed by atoms with E-state index in [9.17, 15) is 9.18 Å². The summed E-state index contributed by atoms with van der Waals surface area (Å²) in [6.45, 7) is 2.39. The molecule has 27 heavy (non-hydrogen) atoms. The number of hydrogen-bond acceptors (Lipinski definition) is 4. The first kappa shape index (κ1) is 18.8. The van der Waals surface area contributed by atoms with Crippen LogP contribution in [0.25, 0.3) is 0 Å². The number of aryl methyl sites for hydroxylation is 1. The van der Waals surface area contributed by atoms with Gasteiger partial charge in [-0.3, -0.25) is 4.79 Å². The monoisotopic (exact) mass is 384 g/mol. The van der Waals surface area contributed by atoms with Crippen LogP contribution in [0.2, 0.25) is 5.02 Å². The van der Waals surface area contributed by atoms with Crippen LogP contribution in [-0.4, -0.2) is 22.4 Å². The molecule has 0 atom stereocenters. The van der Waals surface area contributed by atoms with Crippen molar-refractivity contribution in [2.75, 3.05) is 17.2 Å². The fourth-order valence-electron chi connectivity index (χ4n) is 2.50. The minimum atomic E-state index is -0.424. The van der Waals surface area contributed by atoms with Gasteiger partial charge < -0.3 is 10.6 Å². The van der Waals surface area contributed by atoms with Crippen molar-refractivity contribution < 1.29 is 9.18 Å². The number of benzene rings is 2. The molecule has 138 valence electrons. The van der Waals surface area contributed by atoms with Crippen LogP contribution in [0.5, 0.6) is 0 Å². The number of hydrogen-bond donors (Lipinski definition) is 2. The Hall–Kier alpha value is -2.99. The van der Waals surface area contributed by atoms with E-state index in [0.717, 1.165) is 12.0 Å².